The molecule has 0 saturated carbocycles. The molecule has 100 valence electrons. The van der Waals surface area contributed by atoms with E-state index >= 15 is 0 Å². The molecule has 1 nitrogen and oxygen atoms in total. The van der Waals surface area contributed by atoms with Crippen LogP contribution in [0.4, 0.5) is 0 Å². The molecule has 0 saturated heterocycles. The van der Waals surface area contributed by atoms with Gasteiger partial charge in [-0.2, -0.15) is 0 Å². The first kappa shape index (κ1) is 13.8. The zero-order valence-electron chi connectivity index (χ0n) is 11.8. The van der Waals surface area contributed by atoms with Gasteiger partial charge < -0.3 is 5.32 Å². The molecule has 0 aromatic heterocycles. The predicted octanol–water partition coefficient (Wildman–Crippen LogP) is 4.53. The second-order valence-electron chi connectivity index (χ2n) is 5.19. The predicted molar refractivity (Wildman–Crippen MR) is 82.3 cm³/mol. The number of benzene rings is 2. The van der Waals surface area contributed by atoms with Gasteiger partial charge in [0.05, 0.1) is 0 Å². The fourth-order valence-electron chi connectivity index (χ4n) is 2.32. The maximum Gasteiger partial charge on any atom is 0.0291 e. The molecule has 19 heavy (non-hydrogen) atoms. The van der Waals surface area contributed by atoms with Crippen LogP contribution in [-0.2, 0) is 0 Å². The third-order valence-electron chi connectivity index (χ3n) is 3.70. The molecule has 0 aliphatic rings. The summed E-state index contributed by atoms with van der Waals surface area (Å²) in [5.74, 6) is 0.608. The Kier molecular flexibility index (Phi) is 5.17. The summed E-state index contributed by atoms with van der Waals surface area (Å²) in [6, 6.07) is 21.8. The van der Waals surface area contributed by atoms with Crippen molar-refractivity contribution in [2.24, 2.45) is 0 Å². The van der Waals surface area contributed by atoms with Crippen LogP contribution in [0, 0.1) is 0 Å². The number of hydrogen-bond acceptors (Lipinski definition) is 1. The average Bonchev–Trinajstić information content (AvgIpc) is 2.49. The number of hydrogen-bond donors (Lipinski definition) is 1. The molecule has 1 unspecified atom stereocenters. The van der Waals surface area contributed by atoms with Crippen LogP contribution in [0.3, 0.4) is 0 Å². The zero-order valence-corrected chi connectivity index (χ0v) is 11.8. The molecule has 0 radical (unpaired) electrons. The highest BCUT2D eigenvalue weighted by atomic mass is 14.9. The highest BCUT2D eigenvalue weighted by molar-refractivity contribution is 5.19. The first-order valence-corrected chi connectivity index (χ1v) is 7.10. The maximum absolute atomic E-state index is 3.60. The molecule has 1 N–H and O–H groups in total. The van der Waals surface area contributed by atoms with Gasteiger partial charge in [-0.25, -0.2) is 0 Å². The standard InChI is InChI=1S/C18H23N/c1-15(17-9-5-3-6-10-17)13-14-19-16(2)18-11-7-4-8-12-18/h3-12,15-16,19H,13-14H2,1-2H3/t15?,16-/m0/s1. The quantitative estimate of drug-likeness (QED) is 0.797. The molecule has 2 aromatic carbocycles. The molecular formula is C18H23N. The molecule has 2 rings (SSSR count). The highest BCUT2D eigenvalue weighted by Crippen LogP contribution is 2.18. The number of nitrogens with one attached hydrogen (secondary N) is 1. The lowest BCUT2D eigenvalue weighted by atomic mass is 9.98. The van der Waals surface area contributed by atoms with Crippen LogP contribution in [-0.4, -0.2) is 6.54 Å². The van der Waals surface area contributed by atoms with Gasteiger partial charge in [0.1, 0.15) is 0 Å². The fourth-order valence-corrected chi connectivity index (χ4v) is 2.32. The summed E-state index contributed by atoms with van der Waals surface area (Å²) in [4.78, 5) is 0. The average molecular weight is 253 g/mol. The summed E-state index contributed by atoms with van der Waals surface area (Å²) < 4.78 is 0. The largest absolute Gasteiger partial charge is 0.310 e. The molecule has 0 fully saturated rings. The Hall–Kier alpha value is -1.60. The Labute approximate surface area is 116 Å². The van der Waals surface area contributed by atoms with E-state index in [9.17, 15) is 0 Å². The van der Waals surface area contributed by atoms with Crippen LogP contribution < -0.4 is 5.32 Å². The Morgan fingerprint density at radius 3 is 1.89 bits per heavy atom. The first-order valence-electron chi connectivity index (χ1n) is 7.10. The lowest BCUT2D eigenvalue weighted by Crippen LogP contribution is -2.21. The van der Waals surface area contributed by atoms with E-state index in [1.807, 2.05) is 0 Å². The normalized spacial score (nSPS) is 14.0. The Morgan fingerprint density at radius 2 is 1.32 bits per heavy atom. The summed E-state index contributed by atoms with van der Waals surface area (Å²) in [6.07, 6.45) is 1.17. The third kappa shape index (κ3) is 4.22. The summed E-state index contributed by atoms with van der Waals surface area (Å²) >= 11 is 0. The molecular weight excluding hydrogens is 230 g/mol. The van der Waals surface area contributed by atoms with Crippen molar-refractivity contribution in [3.63, 3.8) is 0 Å². The lowest BCUT2D eigenvalue weighted by Gasteiger charge is -2.17. The summed E-state index contributed by atoms with van der Waals surface area (Å²) in [6.45, 7) is 5.57. The fraction of sp³-hybridized carbons (Fsp3) is 0.333. The van der Waals surface area contributed by atoms with Gasteiger partial charge in [-0.05, 0) is 36.9 Å². The van der Waals surface area contributed by atoms with Gasteiger partial charge in [0, 0.05) is 6.04 Å². The van der Waals surface area contributed by atoms with E-state index in [1.54, 1.807) is 0 Å². The minimum Gasteiger partial charge on any atom is -0.310 e. The molecule has 0 amide bonds. The molecule has 2 atom stereocenters. The van der Waals surface area contributed by atoms with Crippen molar-refractivity contribution >= 4 is 0 Å². The second kappa shape index (κ2) is 7.10. The molecule has 0 aliphatic carbocycles. The van der Waals surface area contributed by atoms with Crippen molar-refractivity contribution in [1.82, 2.24) is 5.32 Å². The molecule has 0 heterocycles. The Bertz CT molecular complexity index is 418. The van der Waals surface area contributed by atoms with Crippen molar-refractivity contribution < 1.29 is 0 Å². The van der Waals surface area contributed by atoms with E-state index < -0.39 is 0 Å². The topological polar surface area (TPSA) is 12.0 Å². The van der Waals surface area contributed by atoms with Crippen molar-refractivity contribution in [2.75, 3.05) is 6.54 Å². The van der Waals surface area contributed by atoms with Crippen LogP contribution in [0.25, 0.3) is 0 Å². The molecule has 0 bridgehead atoms. The van der Waals surface area contributed by atoms with Gasteiger partial charge in [0.2, 0.25) is 0 Å². The van der Waals surface area contributed by atoms with Crippen LogP contribution in [0.5, 0.6) is 0 Å². The van der Waals surface area contributed by atoms with Gasteiger partial charge in [0.15, 0.2) is 0 Å². The highest BCUT2D eigenvalue weighted by Gasteiger charge is 2.07. The smallest absolute Gasteiger partial charge is 0.0291 e. The summed E-state index contributed by atoms with van der Waals surface area (Å²) in [5.41, 5.74) is 2.78. The molecule has 0 aliphatic heterocycles. The SMILES string of the molecule is CC(CCN[C@@H](C)c1ccccc1)c1ccccc1. The van der Waals surface area contributed by atoms with Crippen LogP contribution in [0.1, 0.15) is 43.4 Å². The van der Waals surface area contributed by atoms with Crippen LogP contribution >= 0.6 is 0 Å². The van der Waals surface area contributed by atoms with E-state index in [4.69, 9.17) is 0 Å². The van der Waals surface area contributed by atoms with Crippen LogP contribution in [0.15, 0.2) is 60.7 Å². The number of rotatable bonds is 6. The Balaban J connectivity index is 1.78. The van der Waals surface area contributed by atoms with E-state index in [-0.39, 0.29) is 0 Å². The minimum absolute atomic E-state index is 0.421. The molecule has 0 spiro atoms. The first-order chi connectivity index (χ1) is 9.27. The monoisotopic (exact) mass is 253 g/mol. The molecule has 1 heteroatoms. The van der Waals surface area contributed by atoms with Crippen molar-refractivity contribution in [3.8, 4) is 0 Å². The summed E-state index contributed by atoms with van der Waals surface area (Å²) in [7, 11) is 0. The summed E-state index contributed by atoms with van der Waals surface area (Å²) in [5, 5.41) is 3.60. The van der Waals surface area contributed by atoms with Gasteiger partial charge >= 0.3 is 0 Å². The third-order valence-corrected chi connectivity index (χ3v) is 3.70. The van der Waals surface area contributed by atoms with Crippen LogP contribution in [0.2, 0.25) is 0 Å². The van der Waals surface area contributed by atoms with Gasteiger partial charge in [-0.1, -0.05) is 67.6 Å². The Morgan fingerprint density at radius 1 is 0.789 bits per heavy atom. The van der Waals surface area contributed by atoms with Gasteiger partial charge in [0.25, 0.3) is 0 Å². The minimum atomic E-state index is 0.421. The van der Waals surface area contributed by atoms with Crippen molar-refractivity contribution in [2.45, 2.75) is 32.2 Å². The van der Waals surface area contributed by atoms with E-state index in [0.717, 1.165) is 6.54 Å². The maximum atomic E-state index is 3.60. The van der Waals surface area contributed by atoms with E-state index in [1.165, 1.54) is 17.5 Å². The van der Waals surface area contributed by atoms with Crippen molar-refractivity contribution in [1.29, 1.82) is 0 Å². The van der Waals surface area contributed by atoms with Gasteiger partial charge in [-0.3, -0.25) is 0 Å². The lowest BCUT2D eigenvalue weighted by molar-refractivity contribution is 0.531. The second-order valence-corrected chi connectivity index (χ2v) is 5.19. The van der Waals surface area contributed by atoms with Gasteiger partial charge in [-0.15, -0.1) is 0 Å². The molecule has 2 aromatic rings. The van der Waals surface area contributed by atoms with E-state index in [2.05, 4.69) is 79.8 Å². The van der Waals surface area contributed by atoms with Crippen molar-refractivity contribution in [3.05, 3.63) is 71.8 Å². The zero-order chi connectivity index (χ0) is 13.5. The van der Waals surface area contributed by atoms with E-state index in [0.29, 0.717) is 12.0 Å².